The number of benzene rings is 1. The van der Waals surface area contributed by atoms with Gasteiger partial charge in [-0.3, -0.25) is 9.48 Å². The smallest absolute Gasteiger partial charge is 0.319 e. The lowest BCUT2D eigenvalue weighted by molar-refractivity contribution is -0.118. The summed E-state index contributed by atoms with van der Waals surface area (Å²) in [6.45, 7) is -0.0279. The van der Waals surface area contributed by atoms with Crippen molar-refractivity contribution in [3.63, 3.8) is 0 Å². The number of primary amides is 1. The van der Waals surface area contributed by atoms with Crippen LogP contribution >= 0.6 is 0 Å². The first-order chi connectivity index (χ1) is 12.0. The Balaban J connectivity index is 1.62. The third kappa shape index (κ3) is 4.50. The van der Waals surface area contributed by atoms with E-state index in [1.54, 1.807) is 13.3 Å². The first-order valence-corrected chi connectivity index (χ1v) is 8.07. The second-order valence-corrected chi connectivity index (χ2v) is 6.08. The summed E-state index contributed by atoms with van der Waals surface area (Å²) >= 11 is 0. The molecule has 25 heavy (non-hydrogen) atoms. The van der Waals surface area contributed by atoms with Gasteiger partial charge < -0.3 is 21.1 Å². The summed E-state index contributed by atoms with van der Waals surface area (Å²) in [5, 5.41) is 9.72. The standard InChI is InChI=1S/C17H21N5O3/c1-25-14-6-4-12(5-7-14)16(11-2-3-11)21-17(24)20-13-8-19-22(9-13)10-15(18)23/h4-9,11,16H,2-3,10H2,1H3,(H2,18,23)(H2,20,21,24)/t16-/m1/s1. The third-order valence-corrected chi connectivity index (χ3v) is 4.06. The van der Waals surface area contributed by atoms with Crippen molar-refractivity contribution in [2.45, 2.75) is 25.4 Å². The molecule has 1 saturated carbocycles. The van der Waals surface area contributed by atoms with Crippen LogP contribution in [0.15, 0.2) is 36.7 Å². The number of rotatable bonds is 7. The van der Waals surface area contributed by atoms with E-state index in [0.717, 1.165) is 24.2 Å². The normalized spacial score (nSPS) is 14.6. The number of ether oxygens (including phenoxy) is 1. The topological polar surface area (TPSA) is 111 Å². The van der Waals surface area contributed by atoms with Gasteiger partial charge in [-0.1, -0.05) is 12.1 Å². The molecule has 0 unspecified atom stereocenters. The highest BCUT2D eigenvalue weighted by molar-refractivity contribution is 5.89. The molecule has 1 aromatic heterocycles. The molecule has 0 saturated heterocycles. The summed E-state index contributed by atoms with van der Waals surface area (Å²) in [4.78, 5) is 23.2. The Hall–Kier alpha value is -3.03. The van der Waals surface area contributed by atoms with Crippen molar-refractivity contribution in [3.05, 3.63) is 42.2 Å². The van der Waals surface area contributed by atoms with E-state index >= 15 is 0 Å². The number of amides is 3. The van der Waals surface area contributed by atoms with Crippen LogP contribution in [-0.2, 0) is 11.3 Å². The lowest BCUT2D eigenvalue weighted by Gasteiger charge is -2.19. The molecule has 0 aliphatic heterocycles. The minimum atomic E-state index is -0.493. The Labute approximate surface area is 145 Å². The molecule has 0 bridgehead atoms. The van der Waals surface area contributed by atoms with Gasteiger partial charge in [0.25, 0.3) is 0 Å². The Bertz CT molecular complexity index is 752. The molecule has 1 aromatic carbocycles. The number of aromatic nitrogens is 2. The van der Waals surface area contributed by atoms with E-state index in [9.17, 15) is 9.59 Å². The molecule has 8 heteroatoms. The van der Waals surface area contributed by atoms with E-state index in [1.165, 1.54) is 10.9 Å². The first kappa shape index (κ1) is 16.8. The van der Waals surface area contributed by atoms with E-state index in [1.807, 2.05) is 24.3 Å². The van der Waals surface area contributed by atoms with Crippen LogP contribution in [0.4, 0.5) is 10.5 Å². The minimum absolute atomic E-state index is 0.0279. The maximum absolute atomic E-state index is 12.3. The highest BCUT2D eigenvalue weighted by Gasteiger charge is 2.33. The van der Waals surface area contributed by atoms with Crippen LogP contribution < -0.4 is 21.1 Å². The Morgan fingerprint density at radius 1 is 1.36 bits per heavy atom. The van der Waals surface area contributed by atoms with Crippen LogP contribution in [0, 0.1) is 5.92 Å². The van der Waals surface area contributed by atoms with E-state index in [-0.39, 0.29) is 18.6 Å². The fraction of sp³-hybridized carbons (Fsp3) is 0.353. The predicted octanol–water partition coefficient (Wildman–Crippen LogP) is 1.65. The second-order valence-electron chi connectivity index (χ2n) is 6.08. The predicted molar refractivity (Wildman–Crippen MR) is 92.0 cm³/mol. The quantitative estimate of drug-likeness (QED) is 0.709. The summed E-state index contributed by atoms with van der Waals surface area (Å²) in [7, 11) is 1.62. The summed E-state index contributed by atoms with van der Waals surface area (Å²) in [5.41, 5.74) is 6.66. The zero-order valence-electron chi connectivity index (χ0n) is 13.9. The Morgan fingerprint density at radius 3 is 2.68 bits per heavy atom. The van der Waals surface area contributed by atoms with Gasteiger partial charge in [0.2, 0.25) is 5.91 Å². The summed E-state index contributed by atoms with van der Waals surface area (Å²) in [5.74, 6) is 0.730. The molecule has 1 heterocycles. The van der Waals surface area contributed by atoms with Crippen molar-refractivity contribution >= 4 is 17.6 Å². The second kappa shape index (κ2) is 7.25. The largest absolute Gasteiger partial charge is 0.497 e. The monoisotopic (exact) mass is 343 g/mol. The number of anilines is 1. The van der Waals surface area contributed by atoms with Crippen molar-refractivity contribution in [1.29, 1.82) is 0 Å². The van der Waals surface area contributed by atoms with E-state index in [0.29, 0.717) is 11.6 Å². The molecular weight excluding hydrogens is 322 g/mol. The highest BCUT2D eigenvalue weighted by Crippen LogP contribution is 2.41. The zero-order chi connectivity index (χ0) is 17.8. The number of nitrogens with one attached hydrogen (secondary N) is 2. The van der Waals surface area contributed by atoms with Crippen molar-refractivity contribution in [2.75, 3.05) is 12.4 Å². The zero-order valence-corrected chi connectivity index (χ0v) is 13.9. The van der Waals surface area contributed by atoms with Gasteiger partial charge in [0, 0.05) is 6.20 Å². The van der Waals surface area contributed by atoms with Crippen molar-refractivity contribution < 1.29 is 14.3 Å². The lowest BCUT2D eigenvalue weighted by Crippen LogP contribution is -2.33. The molecule has 1 aliphatic rings. The molecule has 3 amide bonds. The fourth-order valence-corrected chi connectivity index (χ4v) is 2.70. The van der Waals surface area contributed by atoms with Gasteiger partial charge in [0.05, 0.1) is 25.0 Å². The molecule has 4 N–H and O–H groups in total. The Morgan fingerprint density at radius 2 is 2.08 bits per heavy atom. The SMILES string of the molecule is COc1ccc([C@H](NC(=O)Nc2cnn(CC(N)=O)c2)C2CC2)cc1. The molecule has 1 fully saturated rings. The van der Waals surface area contributed by atoms with Crippen LogP contribution in [0.3, 0.4) is 0 Å². The van der Waals surface area contributed by atoms with Crippen LogP contribution in [0.1, 0.15) is 24.4 Å². The van der Waals surface area contributed by atoms with Gasteiger partial charge >= 0.3 is 6.03 Å². The van der Waals surface area contributed by atoms with Crippen LogP contribution in [0.2, 0.25) is 0 Å². The molecule has 1 aliphatic carbocycles. The number of hydrogen-bond donors (Lipinski definition) is 3. The van der Waals surface area contributed by atoms with Gasteiger partial charge in [-0.15, -0.1) is 0 Å². The molecule has 132 valence electrons. The van der Waals surface area contributed by atoms with Crippen LogP contribution in [-0.4, -0.2) is 28.8 Å². The van der Waals surface area contributed by atoms with Gasteiger partial charge in [0.15, 0.2) is 0 Å². The first-order valence-electron chi connectivity index (χ1n) is 8.07. The Kier molecular flexibility index (Phi) is 4.87. The van der Waals surface area contributed by atoms with E-state index in [2.05, 4.69) is 15.7 Å². The lowest BCUT2D eigenvalue weighted by atomic mass is 10.0. The maximum atomic E-state index is 12.3. The third-order valence-electron chi connectivity index (χ3n) is 4.06. The average Bonchev–Trinajstić information content (AvgIpc) is 3.34. The van der Waals surface area contributed by atoms with Gasteiger partial charge in [-0.2, -0.15) is 5.10 Å². The maximum Gasteiger partial charge on any atom is 0.319 e. The fourth-order valence-electron chi connectivity index (χ4n) is 2.70. The van der Waals surface area contributed by atoms with Gasteiger partial charge in [-0.05, 0) is 36.5 Å². The van der Waals surface area contributed by atoms with Crippen LogP contribution in [0.25, 0.3) is 0 Å². The molecule has 0 radical (unpaired) electrons. The highest BCUT2D eigenvalue weighted by atomic mass is 16.5. The number of urea groups is 1. The minimum Gasteiger partial charge on any atom is -0.497 e. The summed E-state index contributed by atoms with van der Waals surface area (Å²) < 4.78 is 6.55. The number of hydrogen-bond acceptors (Lipinski definition) is 4. The number of nitrogens with zero attached hydrogens (tertiary/aromatic N) is 2. The summed E-state index contributed by atoms with van der Waals surface area (Å²) in [6.07, 6.45) is 5.22. The van der Waals surface area contributed by atoms with Gasteiger partial charge in [-0.25, -0.2) is 4.79 Å². The van der Waals surface area contributed by atoms with E-state index in [4.69, 9.17) is 10.5 Å². The number of carbonyl (C=O) groups excluding carboxylic acids is 2. The summed E-state index contributed by atoms with van der Waals surface area (Å²) in [6, 6.07) is 7.34. The molecule has 3 rings (SSSR count). The number of nitrogens with two attached hydrogens (primary N) is 1. The van der Waals surface area contributed by atoms with Crippen molar-refractivity contribution in [3.8, 4) is 5.75 Å². The molecule has 0 spiro atoms. The number of carbonyl (C=O) groups is 2. The van der Waals surface area contributed by atoms with Crippen LogP contribution in [0.5, 0.6) is 5.75 Å². The van der Waals surface area contributed by atoms with E-state index < -0.39 is 5.91 Å². The molecular formula is C17H21N5O3. The molecule has 2 aromatic rings. The van der Waals surface area contributed by atoms with Crippen molar-refractivity contribution in [1.82, 2.24) is 15.1 Å². The van der Waals surface area contributed by atoms with Crippen molar-refractivity contribution in [2.24, 2.45) is 11.7 Å². The molecule has 8 nitrogen and oxygen atoms in total. The number of methoxy groups -OCH3 is 1. The van der Waals surface area contributed by atoms with Gasteiger partial charge in [0.1, 0.15) is 12.3 Å². The molecule has 1 atom stereocenters. The average molecular weight is 343 g/mol.